The second-order valence-corrected chi connectivity index (χ2v) is 4.65. The first-order valence-electron chi connectivity index (χ1n) is 5.96. The maximum atomic E-state index is 5.13. The second kappa shape index (κ2) is 12.5. The second-order valence-electron chi connectivity index (χ2n) is 3.85. The molecule has 0 N–H and O–H groups in total. The summed E-state index contributed by atoms with van der Waals surface area (Å²) >= 11 is 3.45. The van der Waals surface area contributed by atoms with Gasteiger partial charge in [-0.2, -0.15) is 0 Å². The third-order valence-corrected chi connectivity index (χ3v) is 3.16. The molecule has 0 radical (unpaired) electrons. The van der Waals surface area contributed by atoms with Crippen molar-refractivity contribution in [3.05, 3.63) is 0 Å². The third-order valence-electron chi connectivity index (χ3n) is 2.60. The van der Waals surface area contributed by atoms with Crippen LogP contribution in [0, 0.1) is 0 Å². The van der Waals surface area contributed by atoms with Gasteiger partial charge in [-0.05, 0) is 19.3 Å². The zero-order valence-corrected chi connectivity index (χ0v) is 11.7. The van der Waals surface area contributed by atoms with Crippen LogP contribution in [-0.2, 0) is 9.47 Å². The summed E-state index contributed by atoms with van der Waals surface area (Å²) in [4.78, 5) is 0. The molecule has 0 unspecified atom stereocenters. The van der Waals surface area contributed by atoms with Crippen LogP contribution in [0.5, 0.6) is 0 Å². The number of hydrogen-bond donors (Lipinski definition) is 0. The van der Waals surface area contributed by atoms with Gasteiger partial charge in [0.25, 0.3) is 0 Å². The van der Waals surface area contributed by atoms with Gasteiger partial charge in [-0.25, -0.2) is 0 Å². The van der Waals surface area contributed by atoms with Crippen molar-refractivity contribution in [2.24, 2.45) is 0 Å². The number of halogens is 1. The molecule has 0 aromatic heterocycles. The predicted molar refractivity (Wildman–Crippen MR) is 68.5 cm³/mol. The highest BCUT2D eigenvalue weighted by Gasteiger charge is 2.03. The van der Waals surface area contributed by atoms with E-state index in [4.69, 9.17) is 9.47 Å². The highest BCUT2D eigenvalue weighted by molar-refractivity contribution is 9.09. The van der Waals surface area contributed by atoms with E-state index in [2.05, 4.69) is 15.9 Å². The Balaban J connectivity index is 3.04. The SMILES string of the molecule is COC(CCCCCCCCCBr)OC. The summed E-state index contributed by atoms with van der Waals surface area (Å²) in [7, 11) is 3.41. The van der Waals surface area contributed by atoms with Gasteiger partial charge in [0.15, 0.2) is 6.29 Å². The molecule has 0 atom stereocenters. The summed E-state index contributed by atoms with van der Waals surface area (Å²) in [5, 5.41) is 1.15. The Labute approximate surface area is 103 Å². The average molecular weight is 281 g/mol. The largest absolute Gasteiger partial charge is 0.356 e. The van der Waals surface area contributed by atoms with Gasteiger partial charge in [0.2, 0.25) is 0 Å². The van der Waals surface area contributed by atoms with Gasteiger partial charge >= 0.3 is 0 Å². The molecule has 0 aliphatic heterocycles. The zero-order chi connectivity index (χ0) is 11.4. The molecule has 0 saturated heterocycles. The molecule has 0 rings (SSSR count). The van der Waals surface area contributed by atoms with Gasteiger partial charge in [0.1, 0.15) is 0 Å². The van der Waals surface area contributed by atoms with Crippen LogP contribution in [0.15, 0.2) is 0 Å². The van der Waals surface area contributed by atoms with E-state index in [0.29, 0.717) is 0 Å². The molecule has 0 saturated carbocycles. The molecule has 0 heterocycles. The minimum absolute atomic E-state index is 0.00148. The van der Waals surface area contributed by atoms with Crippen molar-refractivity contribution in [1.29, 1.82) is 0 Å². The van der Waals surface area contributed by atoms with Gasteiger partial charge in [-0.3, -0.25) is 0 Å². The maximum absolute atomic E-state index is 5.13. The van der Waals surface area contributed by atoms with E-state index >= 15 is 0 Å². The number of methoxy groups -OCH3 is 2. The first kappa shape index (κ1) is 15.4. The predicted octanol–water partition coefficient (Wildman–Crippen LogP) is 4.12. The van der Waals surface area contributed by atoms with Crippen molar-refractivity contribution < 1.29 is 9.47 Å². The molecule has 92 valence electrons. The molecule has 0 aromatic rings. The normalized spacial score (nSPS) is 11.2. The minimum atomic E-state index is -0.00148. The smallest absolute Gasteiger partial charge is 0.156 e. The molecule has 0 aromatic carbocycles. The third kappa shape index (κ3) is 10.7. The molecule has 0 aliphatic carbocycles. The summed E-state index contributed by atoms with van der Waals surface area (Å²) in [5.41, 5.74) is 0. The van der Waals surface area contributed by atoms with Gasteiger partial charge in [0, 0.05) is 19.5 Å². The fraction of sp³-hybridized carbons (Fsp3) is 1.00. The number of hydrogen-bond acceptors (Lipinski definition) is 2. The average Bonchev–Trinajstić information content (AvgIpc) is 2.27. The summed E-state index contributed by atoms with van der Waals surface area (Å²) < 4.78 is 10.3. The Morgan fingerprint density at radius 1 is 0.800 bits per heavy atom. The minimum Gasteiger partial charge on any atom is -0.356 e. The van der Waals surface area contributed by atoms with Crippen LogP contribution in [0.25, 0.3) is 0 Å². The van der Waals surface area contributed by atoms with E-state index in [-0.39, 0.29) is 6.29 Å². The van der Waals surface area contributed by atoms with Crippen LogP contribution >= 0.6 is 15.9 Å². The Hall–Kier alpha value is 0.400. The lowest BCUT2D eigenvalue weighted by atomic mass is 10.1. The van der Waals surface area contributed by atoms with E-state index in [1.165, 1.54) is 44.9 Å². The summed E-state index contributed by atoms with van der Waals surface area (Å²) in [6, 6.07) is 0. The van der Waals surface area contributed by atoms with E-state index in [9.17, 15) is 0 Å². The van der Waals surface area contributed by atoms with Crippen molar-refractivity contribution in [1.82, 2.24) is 0 Å². The number of alkyl halides is 1. The monoisotopic (exact) mass is 280 g/mol. The maximum Gasteiger partial charge on any atom is 0.156 e. The fourth-order valence-electron chi connectivity index (χ4n) is 1.62. The quantitative estimate of drug-likeness (QED) is 0.322. The van der Waals surface area contributed by atoms with Gasteiger partial charge in [0.05, 0.1) is 0 Å². The van der Waals surface area contributed by atoms with Crippen LogP contribution in [0.3, 0.4) is 0 Å². The van der Waals surface area contributed by atoms with Crippen LogP contribution < -0.4 is 0 Å². The molecule has 0 aliphatic rings. The van der Waals surface area contributed by atoms with Crippen molar-refractivity contribution in [2.75, 3.05) is 19.5 Å². The summed E-state index contributed by atoms with van der Waals surface area (Å²) in [5.74, 6) is 0. The van der Waals surface area contributed by atoms with Gasteiger partial charge < -0.3 is 9.47 Å². The molecule has 0 spiro atoms. The zero-order valence-electron chi connectivity index (χ0n) is 10.1. The Kier molecular flexibility index (Phi) is 12.8. The first-order valence-corrected chi connectivity index (χ1v) is 7.08. The molecular weight excluding hydrogens is 256 g/mol. The Morgan fingerprint density at radius 2 is 1.27 bits per heavy atom. The van der Waals surface area contributed by atoms with Crippen molar-refractivity contribution >= 4 is 15.9 Å². The van der Waals surface area contributed by atoms with Crippen LogP contribution in [0.4, 0.5) is 0 Å². The van der Waals surface area contributed by atoms with Gasteiger partial charge in [-0.1, -0.05) is 48.0 Å². The summed E-state index contributed by atoms with van der Waals surface area (Å²) in [6.07, 6.45) is 10.3. The van der Waals surface area contributed by atoms with E-state index in [1.54, 1.807) is 14.2 Å². The molecule has 2 nitrogen and oxygen atoms in total. The molecule has 15 heavy (non-hydrogen) atoms. The van der Waals surface area contributed by atoms with Crippen molar-refractivity contribution in [2.45, 2.75) is 57.7 Å². The first-order chi connectivity index (χ1) is 7.35. The fourth-order valence-corrected chi connectivity index (χ4v) is 2.02. The van der Waals surface area contributed by atoms with E-state index < -0.39 is 0 Å². The summed E-state index contributed by atoms with van der Waals surface area (Å²) in [6.45, 7) is 0. The molecular formula is C12H25BrO2. The molecule has 3 heteroatoms. The van der Waals surface area contributed by atoms with Crippen LogP contribution in [0.2, 0.25) is 0 Å². The number of ether oxygens (including phenoxy) is 2. The molecule has 0 fully saturated rings. The Bertz CT molecular complexity index is 116. The number of unbranched alkanes of at least 4 members (excludes halogenated alkanes) is 6. The van der Waals surface area contributed by atoms with Crippen molar-refractivity contribution in [3.63, 3.8) is 0 Å². The highest BCUT2D eigenvalue weighted by Crippen LogP contribution is 2.11. The molecule has 0 bridgehead atoms. The van der Waals surface area contributed by atoms with Crippen LogP contribution in [0.1, 0.15) is 51.4 Å². The lowest BCUT2D eigenvalue weighted by Crippen LogP contribution is -2.12. The van der Waals surface area contributed by atoms with E-state index in [1.807, 2.05) is 0 Å². The lowest BCUT2D eigenvalue weighted by Gasteiger charge is -2.12. The van der Waals surface area contributed by atoms with E-state index in [0.717, 1.165) is 11.8 Å². The topological polar surface area (TPSA) is 18.5 Å². The highest BCUT2D eigenvalue weighted by atomic mass is 79.9. The van der Waals surface area contributed by atoms with Gasteiger partial charge in [-0.15, -0.1) is 0 Å². The number of rotatable bonds is 11. The standard InChI is InChI=1S/C12H25BrO2/c1-14-12(15-2)10-8-6-4-3-5-7-9-11-13/h12H,3-11H2,1-2H3. The lowest BCUT2D eigenvalue weighted by molar-refractivity contribution is -0.107. The Morgan fingerprint density at radius 3 is 1.73 bits per heavy atom. The van der Waals surface area contributed by atoms with Crippen molar-refractivity contribution in [3.8, 4) is 0 Å². The van der Waals surface area contributed by atoms with Crippen LogP contribution in [-0.4, -0.2) is 25.8 Å². The molecule has 0 amide bonds.